The molecular formula is C11H17FN2O2. The van der Waals surface area contributed by atoms with Crippen molar-refractivity contribution >= 4 is 11.8 Å². The number of carbonyl (C=O) groups excluding carboxylic acids is 2. The lowest BCUT2D eigenvalue weighted by atomic mass is 9.68. The first-order valence-corrected chi connectivity index (χ1v) is 5.72. The highest BCUT2D eigenvalue weighted by atomic mass is 19.1. The number of hydrogen-bond donors (Lipinski definition) is 1. The molecule has 1 saturated carbocycles. The maximum atomic E-state index is 12.9. The molecule has 90 valence electrons. The van der Waals surface area contributed by atoms with Gasteiger partial charge in [-0.15, -0.1) is 0 Å². The maximum absolute atomic E-state index is 12.9. The van der Waals surface area contributed by atoms with Crippen LogP contribution in [0.1, 0.15) is 26.2 Å². The van der Waals surface area contributed by atoms with E-state index in [0.717, 1.165) is 6.42 Å². The summed E-state index contributed by atoms with van der Waals surface area (Å²) in [4.78, 5) is 24.9. The highest BCUT2D eigenvalue weighted by Crippen LogP contribution is 2.43. The van der Waals surface area contributed by atoms with Gasteiger partial charge in [0, 0.05) is 12.6 Å². The molecule has 1 heterocycles. The molecule has 1 aliphatic carbocycles. The molecule has 0 aromatic heterocycles. The minimum atomic E-state index is -0.808. The van der Waals surface area contributed by atoms with E-state index in [2.05, 4.69) is 5.32 Å². The molecule has 0 aromatic rings. The standard InChI is InChI=1S/C11H17FN2O2/c1-8-5-14(6-9(15)13-8)10(16)11(7-12)3-2-4-11/h8H,2-7H2,1H3,(H,13,15). The number of amides is 2. The van der Waals surface area contributed by atoms with Gasteiger partial charge in [-0.3, -0.25) is 9.59 Å². The van der Waals surface area contributed by atoms with E-state index in [-0.39, 0.29) is 24.4 Å². The zero-order valence-corrected chi connectivity index (χ0v) is 9.46. The molecule has 2 aliphatic rings. The van der Waals surface area contributed by atoms with Crippen LogP contribution in [0.5, 0.6) is 0 Å². The number of hydrogen-bond acceptors (Lipinski definition) is 2. The fourth-order valence-corrected chi connectivity index (χ4v) is 2.43. The fourth-order valence-electron chi connectivity index (χ4n) is 2.43. The minimum Gasteiger partial charge on any atom is -0.350 e. The molecule has 16 heavy (non-hydrogen) atoms. The normalized spacial score (nSPS) is 28.2. The van der Waals surface area contributed by atoms with Crippen LogP contribution in [0.2, 0.25) is 0 Å². The van der Waals surface area contributed by atoms with E-state index in [1.54, 1.807) is 0 Å². The van der Waals surface area contributed by atoms with Crippen molar-refractivity contribution in [3.05, 3.63) is 0 Å². The number of piperazine rings is 1. The molecule has 1 aliphatic heterocycles. The fraction of sp³-hybridized carbons (Fsp3) is 0.818. The summed E-state index contributed by atoms with van der Waals surface area (Å²) in [6.07, 6.45) is 2.15. The monoisotopic (exact) mass is 228 g/mol. The Hall–Kier alpha value is -1.13. The van der Waals surface area contributed by atoms with Crippen LogP contribution in [0.4, 0.5) is 4.39 Å². The van der Waals surface area contributed by atoms with Gasteiger partial charge in [-0.2, -0.15) is 0 Å². The molecular weight excluding hydrogens is 211 g/mol. The summed E-state index contributed by atoms with van der Waals surface area (Å²) >= 11 is 0. The van der Waals surface area contributed by atoms with Crippen LogP contribution in [0.3, 0.4) is 0 Å². The molecule has 0 spiro atoms. The first kappa shape index (κ1) is 11.4. The van der Waals surface area contributed by atoms with E-state index in [1.807, 2.05) is 6.92 Å². The van der Waals surface area contributed by atoms with E-state index in [9.17, 15) is 14.0 Å². The third kappa shape index (κ3) is 1.79. The summed E-state index contributed by atoms with van der Waals surface area (Å²) in [7, 11) is 0. The molecule has 4 nitrogen and oxygen atoms in total. The van der Waals surface area contributed by atoms with Crippen LogP contribution in [0, 0.1) is 5.41 Å². The minimum absolute atomic E-state index is 0.0399. The topological polar surface area (TPSA) is 49.4 Å². The summed E-state index contributed by atoms with van der Waals surface area (Å²) in [5, 5.41) is 2.74. The molecule has 2 fully saturated rings. The van der Waals surface area contributed by atoms with E-state index >= 15 is 0 Å². The van der Waals surface area contributed by atoms with Crippen molar-refractivity contribution in [3.63, 3.8) is 0 Å². The van der Waals surface area contributed by atoms with E-state index in [1.165, 1.54) is 4.90 Å². The molecule has 0 bridgehead atoms. The number of rotatable bonds is 2. The lowest BCUT2D eigenvalue weighted by Crippen LogP contribution is -2.59. The van der Waals surface area contributed by atoms with Crippen molar-refractivity contribution in [2.45, 2.75) is 32.2 Å². The zero-order valence-electron chi connectivity index (χ0n) is 9.46. The predicted octanol–water partition coefficient (Wildman–Crippen LogP) is 0.473. The summed E-state index contributed by atoms with van der Waals surface area (Å²) in [6, 6.07) is -0.0399. The lowest BCUT2D eigenvalue weighted by Gasteiger charge is -2.43. The van der Waals surface area contributed by atoms with Gasteiger partial charge < -0.3 is 10.2 Å². The molecule has 5 heteroatoms. The van der Waals surface area contributed by atoms with Gasteiger partial charge in [0.25, 0.3) is 0 Å². The Morgan fingerprint density at radius 1 is 1.62 bits per heavy atom. The van der Waals surface area contributed by atoms with Crippen LogP contribution in [-0.2, 0) is 9.59 Å². The number of nitrogens with zero attached hydrogens (tertiary/aromatic N) is 1. The van der Waals surface area contributed by atoms with E-state index in [0.29, 0.717) is 19.4 Å². The van der Waals surface area contributed by atoms with Crippen molar-refractivity contribution < 1.29 is 14.0 Å². The molecule has 1 saturated heterocycles. The first-order chi connectivity index (χ1) is 7.57. The highest BCUT2D eigenvalue weighted by Gasteiger charge is 2.47. The van der Waals surface area contributed by atoms with Gasteiger partial charge in [0.05, 0.1) is 12.0 Å². The second kappa shape index (κ2) is 4.03. The Morgan fingerprint density at radius 2 is 2.31 bits per heavy atom. The summed E-state index contributed by atoms with van der Waals surface area (Å²) in [5.74, 6) is -0.330. The predicted molar refractivity (Wildman–Crippen MR) is 56.4 cm³/mol. The molecule has 2 amide bonds. The average molecular weight is 228 g/mol. The highest BCUT2D eigenvalue weighted by molar-refractivity contribution is 5.89. The number of nitrogens with one attached hydrogen (secondary N) is 1. The second-order valence-electron chi connectivity index (χ2n) is 4.92. The largest absolute Gasteiger partial charge is 0.350 e. The smallest absolute Gasteiger partial charge is 0.239 e. The first-order valence-electron chi connectivity index (χ1n) is 5.72. The average Bonchev–Trinajstić information content (AvgIpc) is 2.15. The third-order valence-electron chi connectivity index (χ3n) is 3.54. The molecule has 0 radical (unpaired) electrons. The van der Waals surface area contributed by atoms with Gasteiger partial charge in [-0.05, 0) is 19.8 Å². The Morgan fingerprint density at radius 3 is 2.75 bits per heavy atom. The number of halogens is 1. The SMILES string of the molecule is CC1CN(C(=O)C2(CF)CCC2)CC(=O)N1. The van der Waals surface area contributed by atoms with Crippen LogP contribution < -0.4 is 5.32 Å². The molecule has 1 N–H and O–H groups in total. The van der Waals surface area contributed by atoms with Crippen LogP contribution in [0.25, 0.3) is 0 Å². The third-order valence-corrected chi connectivity index (χ3v) is 3.54. The van der Waals surface area contributed by atoms with Crippen LogP contribution in [-0.4, -0.2) is 42.5 Å². The molecule has 1 atom stereocenters. The Balaban J connectivity index is 2.06. The maximum Gasteiger partial charge on any atom is 0.239 e. The van der Waals surface area contributed by atoms with Crippen molar-refractivity contribution in [1.29, 1.82) is 0 Å². The molecule has 1 unspecified atom stereocenters. The van der Waals surface area contributed by atoms with Crippen molar-refractivity contribution in [2.75, 3.05) is 19.8 Å². The summed E-state index contributed by atoms with van der Waals surface area (Å²) in [6.45, 7) is 1.82. The Bertz CT molecular complexity index is 310. The summed E-state index contributed by atoms with van der Waals surface area (Å²) < 4.78 is 12.9. The van der Waals surface area contributed by atoms with Crippen molar-refractivity contribution in [3.8, 4) is 0 Å². The van der Waals surface area contributed by atoms with Gasteiger partial charge >= 0.3 is 0 Å². The van der Waals surface area contributed by atoms with Gasteiger partial charge in [0.1, 0.15) is 6.67 Å². The number of carbonyl (C=O) groups is 2. The van der Waals surface area contributed by atoms with Crippen LogP contribution in [0.15, 0.2) is 0 Å². The molecule has 0 aromatic carbocycles. The van der Waals surface area contributed by atoms with Gasteiger partial charge in [-0.1, -0.05) is 6.42 Å². The second-order valence-corrected chi connectivity index (χ2v) is 4.92. The van der Waals surface area contributed by atoms with Crippen molar-refractivity contribution in [2.24, 2.45) is 5.41 Å². The Kier molecular flexibility index (Phi) is 2.86. The zero-order chi connectivity index (χ0) is 11.8. The Labute approximate surface area is 94.2 Å². The van der Waals surface area contributed by atoms with Crippen LogP contribution >= 0.6 is 0 Å². The van der Waals surface area contributed by atoms with Gasteiger partial charge in [-0.25, -0.2) is 4.39 Å². The summed E-state index contributed by atoms with van der Waals surface area (Å²) in [5.41, 5.74) is -0.808. The molecule has 2 rings (SSSR count). The quantitative estimate of drug-likeness (QED) is 0.747. The van der Waals surface area contributed by atoms with E-state index in [4.69, 9.17) is 0 Å². The van der Waals surface area contributed by atoms with E-state index < -0.39 is 12.1 Å². The van der Waals surface area contributed by atoms with Gasteiger partial charge in [0.15, 0.2) is 0 Å². The van der Waals surface area contributed by atoms with Gasteiger partial charge in [0.2, 0.25) is 11.8 Å². The number of alkyl halides is 1. The lowest BCUT2D eigenvalue weighted by molar-refractivity contribution is -0.153. The van der Waals surface area contributed by atoms with Crippen molar-refractivity contribution in [1.82, 2.24) is 10.2 Å².